The number of hydrogen-bond acceptors (Lipinski definition) is 6. The molecular formula is C21H19BrF5N3O3. The first kappa shape index (κ1) is 26.3. The molecule has 0 saturated carbocycles. The predicted molar refractivity (Wildman–Crippen MR) is 115 cm³/mol. The zero-order chi connectivity index (χ0) is 25.1. The molecule has 0 aliphatic carbocycles. The molecule has 4 N–H and O–H groups in total. The van der Waals surface area contributed by atoms with Gasteiger partial charge in [-0.05, 0) is 49.4 Å². The molecular weight excluding hydrogens is 517 g/mol. The van der Waals surface area contributed by atoms with E-state index in [0.717, 1.165) is 30.3 Å². The average Bonchev–Trinajstić information content (AvgIpc) is 2.72. The molecule has 2 aromatic rings. The molecule has 0 aromatic heterocycles. The van der Waals surface area contributed by atoms with Crippen molar-refractivity contribution in [3.8, 4) is 5.75 Å². The third-order valence-corrected chi connectivity index (χ3v) is 5.00. The summed E-state index contributed by atoms with van der Waals surface area (Å²) in [6.45, 7) is 1.46. The second-order valence-electron chi connectivity index (χ2n) is 6.99. The molecule has 1 atom stereocenters. The highest BCUT2D eigenvalue weighted by Gasteiger charge is 2.40. The van der Waals surface area contributed by atoms with Gasteiger partial charge in [0.2, 0.25) is 5.78 Å². The van der Waals surface area contributed by atoms with E-state index in [-0.39, 0.29) is 22.5 Å². The van der Waals surface area contributed by atoms with Crippen LogP contribution in [-0.4, -0.2) is 23.9 Å². The van der Waals surface area contributed by atoms with E-state index in [4.69, 9.17) is 11.6 Å². The Morgan fingerprint density at radius 2 is 1.67 bits per heavy atom. The molecule has 0 aliphatic heterocycles. The summed E-state index contributed by atoms with van der Waals surface area (Å²) in [5.41, 5.74) is 5.88. The van der Waals surface area contributed by atoms with Gasteiger partial charge in [-0.2, -0.15) is 8.78 Å². The van der Waals surface area contributed by atoms with Crippen molar-refractivity contribution >= 4 is 38.9 Å². The van der Waals surface area contributed by atoms with Crippen LogP contribution in [0.3, 0.4) is 0 Å². The van der Waals surface area contributed by atoms with Crippen LogP contribution in [0.4, 0.5) is 27.6 Å². The Bertz CT molecular complexity index is 1070. The predicted octanol–water partition coefficient (Wildman–Crippen LogP) is 5.03. The number of carbonyl (C=O) groups is 2. The van der Waals surface area contributed by atoms with Gasteiger partial charge in [-0.25, -0.2) is 5.84 Å². The monoisotopic (exact) mass is 535 g/mol. The summed E-state index contributed by atoms with van der Waals surface area (Å²) >= 11 is 3.22. The maximum absolute atomic E-state index is 13.5. The van der Waals surface area contributed by atoms with Crippen molar-refractivity contribution in [2.45, 2.75) is 26.1 Å². The molecule has 0 bridgehead atoms. The third-order valence-electron chi connectivity index (χ3n) is 4.51. The van der Waals surface area contributed by atoms with E-state index in [0.29, 0.717) is 11.4 Å². The number of nitrogens with zero attached hydrogens (tertiary/aromatic N) is 1. The van der Waals surface area contributed by atoms with Gasteiger partial charge in [-0.15, -0.1) is 13.2 Å². The molecule has 0 fully saturated rings. The molecule has 178 valence electrons. The molecule has 33 heavy (non-hydrogen) atoms. The first-order chi connectivity index (χ1) is 15.2. The highest BCUT2D eigenvalue weighted by molar-refractivity contribution is 9.10. The molecule has 0 aliphatic rings. The minimum Gasteiger partial charge on any atom is -0.406 e. The Balaban J connectivity index is 2.44. The van der Waals surface area contributed by atoms with E-state index in [1.54, 1.807) is 0 Å². The van der Waals surface area contributed by atoms with Crippen LogP contribution in [-0.2, 0) is 4.79 Å². The average molecular weight is 536 g/mol. The summed E-state index contributed by atoms with van der Waals surface area (Å²) in [5, 5.41) is 0.957. The number of halogens is 6. The van der Waals surface area contributed by atoms with Crippen LogP contribution in [0.25, 0.3) is 5.70 Å². The topological polar surface area (TPSA) is 98.7 Å². The Kier molecular flexibility index (Phi) is 7.86. The summed E-state index contributed by atoms with van der Waals surface area (Å²) in [7, 11) is 0. The number of hydrogen-bond donors (Lipinski definition) is 2. The lowest BCUT2D eigenvalue weighted by Gasteiger charge is -2.25. The number of anilines is 1. The smallest absolute Gasteiger partial charge is 0.406 e. The van der Waals surface area contributed by atoms with Crippen LogP contribution in [0.2, 0.25) is 0 Å². The molecule has 0 spiro atoms. The number of hydrazine groups is 1. The van der Waals surface area contributed by atoms with Crippen molar-refractivity contribution in [2.24, 2.45) is 17.5 Å². The van der Waals surface area contributed by atoms with Gasteiger partial charge in [-0.1, -0.05) is 15.9 Å². The van der Waals surface area contributed by atoms with Crippen molar-refractivity contribution in [1.29, 1.82) is 0 Å². The van der Waals surface area contributed by atoms with Crippen LogP contribution >= 0.6 is 15.9 Å². The van der Waals surface area contributed by atoms with E-state index in [9.17, 15) is 31.5 Å². The Labute approximate surface area is 194 Å². The first-order valence-corrected chi connectivity index (χ1v) is 10.0. The van der Waals surface area contributed by atoms with Gasteiger partial charge >= 0.3 is 12.3 Å². The van der Waals surface area contributed by atoms with E-state index in [1.165, 1.54) is 30.3 Å². The van der Waals surface area contributed by atoms with Crippen LogP contribution < -0.4 is 21.3 Å². The molecule has 0 amide bonds. The van der Waals surface area contributed by atoms with Gasteiger partial charge in [0.1, 0.15) is 5.75 Å². The lowest BCUT2D eigenvalue weighted by atomic mass is 9.91. The van der Waals surface area contributed by atoms with E-state index in [1.807, 2.05) is 0 Å². The van der Waals surface area contributed by atoms with Crippen LogP contribution in [0, 0.1) is 5.92 Å². The number of ether oxygens (including phenoxy) is 1. The fourth-order valence-electron chi connectivity index (χ4n) is 2.92. The third kappa shape index (κ3) is 6.51. The van der Waals surface area contributed by atoms with Gasteiger partial charge in [0.15, 0.2) is 5.78 Å². The maximum atomic E-state index is 13.5. The number of alkyl halides is 5. The summed E-state index contributed by atoms with van der Waals surface area (Å²) in [4.78, 5) is 24.8. The van der Waals surface area contributed by atoms with Crippen molar-refractivity contribution in [2.75, 3.05) is 5.01 Å². The lowest BCUT2D eigenvalue weighted by molar-refractivity contribution is -0.274. The largest absolute Gasteiger partial charge is 0.573 e. The molecule has 12 heteroatoms. The zero-order valence-corrected chi connectivity index (χ0v) is 18.9. The zero-order valence-electron chi connectivity index (χ0n) is 17.3. The standard InChI is InChI=1S/C21H19BrF5N3O3/c1-11(19(32)20(2,23)24)18(31)15-8-5-13(22)9-16(15)30(29)17(10-28)12-3-6-14(7-4-12)33-21(25,26)27/h3-11H,28-29H2,1-2H3/b17-10-. The first-order valence-electron chi connectivity index (χ1n) is 9.24. The van der Waals surface area contributed by atoms with Gasteiger partial charge in [0, 0.05) is 28.7 Å². The quantitative estimate of drug-likeness (QED) is 0.162. The number of Topliss-reactive ketones (excluding diaryl/α,β-unsaturated/α-hetero) is 2. The van der Waals surface area contributed by atoms with E-state index >= 15 is 0 Å². The maximum Gasteiger partial charge on any atom is 0.573 e. The number of rotatable bonds is 8. The minimum atomic E-state index is -4.87. The van der Waals surface area contributed by atoms with Crippen LogP contribution in [0.1, 0.15) is 29.8 Å². The van der Waals surface area contributed by atoms with Crippen molar-refractivity contribution < 1.29 is 36.3 Å². The fourth-order valence-corrected chi connectivity index (χ4v) is 3.27. The Morgan fingerprint density at radius 1 is 1.09 bits per heavy atom. The summed E-state index contributed by atoms with van der Waals surface area (Å²) in [6.07, 6.45) is -3.83. The summed E-state index contributed by atoms with van der Waals surface area (Å²) in [5.74, 6) is -2.15. The van der Waals surface area contributed by atoms with Crippen LogP contribution in [0.5, 0.6) is 5.75 Å². The van der Waals surface area contributed by atoms with Crippen molar-refractivity contribution in [1.82, 2.24) is 0 Å². The number of benzene rings is 2. The Morgan fingerprint density at radius 3 is 2.15 bits per heavy atom. The highest BCUT2D eigenvalue weighted by Crippen LogP contribution is 2.33. The fraction of sp³-hybridized carbons (Fsp3) is 0.238. The second kappa shape index (κ2) is 9.87. The van der Waals surface area contributed by atoms with Crippen molar-refractivity contribution in [3.05, 3.63) is 64.3 Å². The summed E-state index contributed by atoms with van der Waals surface area (Å²) in [6, 6.07) is 8.74. The normalized spacial score (nSPS) is 13.4. The molecule has 2 rings (SSSR count). The number of nitrogens with two attached hydrogens (primary N) is 2. The lowest BCUT2D eigenvalue weighted by Crippen LogP contribution is -2.36. The number of ketones is 2. The molecule has 6 nitrogen and oxygen atoms in total. The van der Waals surface area contributed by atoms with Crippen LogP contribution in [0.15, 0.2) is 53.1 Å². The summed E-state index contributed by atoms with van der Waals surface area (Å²) < 4.78 is 68.3. The highest BCUT2D eigenvalue weighted by atomic mass is 79.9. The van der Waals surface area contributed by atoms with Gasteiger partial charge < -0.3 is 10.5 Å². The minimum absolute atomic E-state index is 0.0146. The van der Waals surface area contributed by atoms with Gasteiger partial charge in [0.05, 0.1) is 17.3 Å². The Hall–Kier alpha value is -2.99. The molecule has 1 unspecified atom stereocenters. The van der Waals surface area contributed by atoms with Crippen molar-refractivity contribution in [3.63, 3.8) is 0 Å². The molecule has 0 heterocycles. The molecule has 0 saturated heterocycles. The van der Waals surface area contributed by atoms with E-state index < -0.39 is 35.5 Å². The number of carbonyl (C=O) groups excluding carboxylic acids is 2. The SMILES string of the molecule is CC(C(=O)c1ccc(Br)cc1N(N)/C(=C\N)c1ccc(OC(F)(F)F)cc1)C(=O)C(C)(F)F. The molecule has 2 aromatic carbocycles. The van der Waals surface area contributed by atoms with Gasteiger partial charge in [-0.3, -0.25) is 14.6 Å². The molecule has 0 radical (unpaired) electrons. The second-order valence-corrected chi connectivity index (χ2v) is 7.91. The van der Waals surface area contributed by atoms with Gasteiger partial charge in [0.25, 0.3) is 0 Å². The van der Waals surface area contributed by atoms with E-state index in [2.05, 4.69) is 20.7 Å².